The van der Waals surface area contributed by atoms with E-state index in [2.05, 4.69) is 5.32 Å². The van der Waals surface area contributed by atoms with E-state index in [9.17, 15) is 14.7 Å². The van der Waals surface area contributed by atoms with Crippen LogP contribution in [0.25, 0.3) is 0 Å². The summed E-state index contributed by atoms with van der Waals surface area (Å²) in [6.45, 7) is 6.67. The topological polar surface area (TPSA) is 102 Å². The maximum absolute atomic E-state index is 11.8. The van der Waals surface area contributed by atoms with Gasteiger partial charge in [0.1, 0.15) is 11.1 Å². The highest BCUT2D eigenvalue weighted by Gasteiger charge is 2.56. The highest BCUT2D eigenvalue weighted by atomic mass is 16.6. The Hall–Kier alpha value is -1.30. The molecule has 4 N–H and O–H groups in total. The highest BCUT2D eigenvalue weighted by Crippen LogP contribution is 2.40. The van der Waals surface area contributed by atoms with Gasteiger partial charge in [-0.15, -0.1) is 0 Å². The molecule has 0 saturated heterocycles. The second kappa shape index (κ2) is 4.42. The maximum Gasteiger partial charge on any atom is 0.408 e. The molecule has 0 bridgehead atoms. The number of amides is 1. The van der Waals surface area contributed by atoms with Gasteiger partial charge in [-0.2, -0.15) is 0 Å². The van der Waals surface area contributed by atoms with Gasteiger partial charge >= 0.3 is 12.1 Å². The van der Waals surface area contributed by atoms with Crippen LogP contribution in [0.2, 0.25) is 0 Å². The molecule has 6 nitrogen and oxygen atoms in total. The van der Waals surface area contributed by atoms with Crippen LogP contribution in [0.3, 0.4) is 0 Å². The van der Waals surface area contributed by atoms with E-state index < -0.39 is 28.7 Å². The summed E-state index contributed by atoms with van der Waals surface area (Å²) in [6, 6.07) is 0. The number of carbonyl (C=O) groups excluding carboxylic acids is 1. The van der Waals surface area contributed by atoms with Gasteiger partial charge in [0.2, 0.25) is 0 Å². The minimum atomic E-state index is -1.50. The molecule has 1 saturated carbocycles. The molecule has 1 fully saturated rings. The maximum atomic E-state index is 11.8. The number of nitrogens with two attached hydrogens (primary N) is 1. The van der Waals surface area contributed by atoms with Gasteiger partial charge in [-0.05, 0) is 47.0 Å². The summed E-state index contributed by atoms with van der Waals surface area (Å²) < 4.78 is 5.15. The third-order valence-electron chi connectivity index (χ3n) is 3.39. The average Bonchev–Trinajstić information content (AvgIpc) is 2.07. The number of hydrogen-bond donors (Lipinski definition) is 3. The first kappa shape index (κ1) is 14.8. The van der Waals surface area contributed by atoms with Crippen LogP contribution < -0.4 is 11.1 Å². The summed E-state index contributed by atoms with van der Waals surface area (Å²) in [7, 11) is 0. The molecular formula is C12H22N2O4. The van der Waals surface area contributed by atoms with Crippen molar-refractivity contribution in [1.82, 2.24) is 5.32 Å². The predicted octanol–water partition coefficient (Wildman–Crippen LogP) is 1.24. The number of ether oxygens (including phenoxy) is 1. The van der Waals surface area contributed by atoms with Crippen molar-refractivity contribution in [1.29, 1.82) is 0 Å². The fourth-order valence-electron chi connectivity index (χ4n) is 2.01. The van der Waals surface area contributed by atoms with Crippen LogP contribution in [0.4, 0.5) is 4.79 Å². The van der Waals surface area contributed by atoms with Crippen molar-refractivity contribution in [3.05, 3.63) is 0 Å². The summed E-state index contributed by atoms with van der Waals surface area (Å²) in [5.41, 5.74) is 2.81. The minimum absolute atomic E-state index is 0.547. The molecule has 6 heteroatoms. The molecule has 1 unspecified atom stereocenters. The van der Waals surface area contributed by atoms with Crippen LogP contribution in [0.1, 0.15) is 47.0 Å². The van der Waals surface area contributed by atoms with Crippen molar-refractivity contribution in [2.75, 3.05) is 0 Å². The fourth-order valence-corrected chi connectivity index (χ4v) is 2.01. The molecule has 0 aromatic rings. The number of carboxylic acid groups (broad SMARTS) is 1. The molecule has 18 heavy (non-hydrogen) atoms. The summed E-state index contributed by atoms with van der Waals surface area (Å²) >= 11 is 0. The molecule has 0 spiro atoms. The monoisotopic (exact) mass is 258 g/mol. The molecule has 0 aliphatic heterocycles. The number of aliphatic carboxylic acids is 1. The lowest BCUT2D eigenvalue weighted by molar-refractivity contribution is -0.148. The smallest absolute Gasteiger partial charge is 0.408 e. The first-order valence-corrected chi connectivity index (χ1v) is 6.04. The van der Waals surface area contributed by atoms with E-state index in [1.54, 1.807) is 20.8 Å². The number of nitrogens with one attached hydrogen (secondary N) is 1. The quantitative estimate of drug-likeness (QED) is 0.706. The minimum Gasteiger partial charge on any atom is -0.480 e. The van der Waals surface area contributed by atoms with Crippen molar-refractivity contribution < 1.29 is 19.4 Å². The molecule has 104 valence electrons. The van der Waals surface area contributed by atoms with E-state index in [0.717, 1.165) is 6.42 Å². The van der Waals surface area contributed by atoms with Gasteiger partial charge in [0.05, 0.1) is 5.54 Å². The standard InChI is InChI=1S/C12H22N2O4/c1-10(2,3)18-9(17)14-12(6-5-7-12)11(4,13)8(15)16/h5-7,13H2,1-4H3,(H,14,17)(H,15,16). The van der Waals surface area contributed by atoms with Crippen LogP contribution in [-0.4, -0.2) is 33.8 Å². The normalized spacial score (nSPS) is 21.4. The van der Waals surface area contributed by atoms with E-state index in [1.165, 1.54) is 6.92 Å². The molecule has 0 aromatic heterocycles. The Balaban J connectivity index is 2.79. The van der Waals surface area contributed by atoms with Gasteiger partial charge in [-0.3, -0.25) is 4.79 Å². The van der Waals surface area contributed by atoms with E-state index in [1.807, 2.05) is 0 Å². The lowest BCUT2D eigenvalue weighted by atomic mass is 9.64. The fraction of sp³-hybridized carbons (Fsp3) is 0.833. The van der Waals surface area contributed by atoms with E-state index in [-0.39, 0.29) is 0 Å². The van der Waals surface area contributed by atoms with Crippen LogP contribution in [0, 0.1) is 0 Å². The lowest BCUT2D eigenvalue weighted by Gasteiger charge is -2.50. The van der Waals surface area contributed by atoms with Crippen LogP contribution in [-0.2, 0) is 9.53 Å². The predicted molar refractivity (Wildman–Crippen MR) is 66.2 cm³/mol. The summed E-state index contributed by atoms with van der Waals surface area (Å²) in [6.07, 6.45) is 1.31. The molecule has 0 heterocycles. The third kappa shape index (κ3) is 2.75. The zero-order valence-corrected chi connectivity index (χ0v) is 11.4. The van der Waals surface area contributed by atoms with Crippen LogP contribution in [0.5, 0.6) is 0 Å². The molecule has 1 amide bonds. The first-order chi connectivity index (χ1) is 8.00. The SMILES string of the molecule is CC(C)(C)OC(=O)NC1(C(C)(N)C(=O)O)CCC1. The first-order valence-electron chi connectivity index (χ1n) is 6.04. The number of carbonyl (C=O) groups is 2. The average molecular weight is 258 g/mol. The Morgan fingerprint density at radius 2 is 1.78 bits per heavy atom. The third-order valence-corrected chi connectivity index (χ3v) is 3.39. The molecular weight excluding hydrogens is 236 g/mol. The van der Waals surface area contributed by atoms with Crippen molar-refractivity contribution in [3.8, 4) is 0 Å². The summed E-state index contributed by atoms with van der Waals surface area (Å²) in [5.74, 6) is -1.13. The van der Waals surface area contributed by atoms with E-state index in [0.29, 0.717) is 12.8 Å². The zero-order valence-electron chi connectivity index (χ0n) is 11.4. The Labute approximate surface area is 107 Å². The van der Waals surface area contributed by atoms with E-state index in [4.69, 9.17) is 10.5 Å². The molecule has 1 atom stereocenters. The largest absolute Gasteiger partial charge is 0.480 e. The number of carboxylic acids is 1. The van der Waals surface area contributed by atoms with Crippen LogP contribution >= 0.6 is 0 Å². The zero-order chi connectivity index (χ0) is 14.2. The second-order valence-corrected chi connectivity index (χ2v) is 6.07. The van der Waals surface area contributed by atoms with Gasteiger partial charge in [0, 0.05) is 0 Å². The van der Waals surface area contributed by atoms with Crippen LogP contribution in [0.15, 0.2) is 0 Å². The molecule has 1 aliphatic carbocycles. The Morgan fingerprint density at radius 3 is 2.06 bits per heavy atom. The molecule has 0 radical (unpaired) electrons. The molecule has 0 aromatic carbocycles. The lowest BCUT2D eigenvalue weighted by Crippen LogP contribution is -2.74. The molecule has 1 aliphatic rings. The van der Waals surface area contributed by atoms with Gasteiger partial charge in [0.25, 0.3) is 0 Å². The number of rotatable bonds is 3. The Bertz CT molecular complexity index is 354. The molecule has 1 rings (SSSR count). The van der Waals surface area contributed by atoms with E-state index >= 15 is 0 Å². The van der Waals surface area contributed by atoms with Crippen molar-refractivity contribution in [3.63, 3.8) is 0 Å². The second-order valence-electron chi connectivity index (χ2n) is 6.07. The van der Waals surface area contributed by atoms with Crippen molar-refractivity contribution in [2.45, 2.75) is 63.6 Å². The highest BCUT2D eigenvalue weighted by molar-refractivity contribution is 5.82. The Morgan fingerprint density at radius 1 is 1.28 bits per heavy atom. The summed E-state index contributed by atoms with van der Waals surface area (Å²) in [4.78, 5) is 23.0. The van der Waals surface area contributed by atoms with Gasteiger partial charge in [-0.25, -0.2) is 4.79 Å². The summed E-state index contributed by atoms with van der Waals surface area (Å²) in [5, 5.41) is 11.8. The van der Waals surface area contributed by atoms with Gasteiger partial charge < -0.3 is 20.9 Å². The number of hydrogen-bond acceptors (Lipinski definition) is 4. The van der Waals surface area contributed by atoms with Gasteiger partial charge in [-0.1, -0.05) is 0 Å². The van der Waals surface area contributed by atoms with Crippen molar-refractivity contribution >= 4 is 12.1 Å². The Kier molecular flexibility index (Phi) is 3.63. The number of alkyl carbamates (subject to hydrolysis) is 1. The van der Waals surface area contributed by atoms with Crippen molar-refractivity contribution in [2.24, 2.45) is 5.73 Å². The van der Waals surface area contributed by atoms with Gasteiger partial charge in [0.15, 0.2) is 0 Å².